The second-order valence-corrected chi connectivity index (χ2v) is 9.69. The fourth-order valence-corrected chi connectivity index (χ4v) is 5.13. The van der Waals surface area contributed by atoms with Crippen LogP contribution in [-0.4, -0.2) is 29.3 Å². The summed E-state index contributed by atoms with van der Waals surface area (Å²) in [5, 5.41) is 1.21. The van der Waals surface area contributed by atoms with Gasteiger partial charge in [-0.15, -0.1) is 0 Å². The maximum absolute atomic E-state index is 13.5. The van der Waals surface area contributed by atoms with Gasteiger partial charge < -0.3 is 14.2 Å². The number of carbonyl (C=O) groups excluding carboxylic acids is 2. The fourth-order valence-electron chi connectivity index (χ4n) is 5.13. The smallest absolute Gasteiger partial charge is 0.429 e. The molecule has 0 aromatic heterocycles. The Hall–Kier alpha value is -5.04. The van der Waals surface area contributed by atoms with Gasteiger partial charge in [-0.1, -0.05) is 103 Å². The van der Waals surface area contributed by atoms with Crippen LogP contribution in [0, 0.1) is 0 Å². The van der Waals surface area contributed by atoms with Crippen LogP contribution in [0.2, 0.25) is 0 Å². The summed E-state index contributed by atoms with van der Waals surface area (Å²) in [4.78, 5) is 26.4. The Morgan fingerprint density at radius 2 is 1.35 bits per heavy atom. The highest BCUT2D eigenvalue weighted by Gasteiger charge is 2.46. The molecule has 7 heteroatoms. The number of nitrogens with zero attached hydrogens (tertiary/aromatic N) is 1. The average Bonchev–Trinajstić information content (AvgIpc) is 3.58. The van der Waals surface area contributed by atoms with E-state index in [0.29, 0.717) is 0 Å². The molecule has 3 atom stereocenters. The summed E-state index contributed by atoms with van der Waals surface area (Å²) in [5.41, 5.74) is 7.41. The molecule has 1 aliphatic heterocycles. The van der Waals surface area contributed by atoms with Gasteiger partial charge in [-0.05, 0) is 40.5 Å². The monoisotopic (exact) mass is 532 g/mol. The molecule has 40 heavy (non-hydrogen) atoms. The van der Waals surface area contributed by atoms with Crippen molar-refractivity contribution < 1.29 is 23.8 Å². The SMILES string of the molecule is O=C(NN(C(=O)OCc1ccccc1)[C@@H]1C=C[C@H]2Oc3ccc(-c4ccccc4)cc3[C@@H]12)OCc1ccccc1. The molecule has 0 saturated heterocycles. The summed E-state index contributed by atoms with van der Waals surface area (Å²) < 4.78 is 17.3. The second-order valence-electron chi connectivity index (χ2n) is 9.69. The second kappa shape index (κ2) is 11.4. The van der Waals surface area contributed by atoms with Crippen molar-refractivity contribution in [1.29, 1.82) is 0 Å². The Bertz CT molecular complexity index is 1510. The van der Waals surface area contributed by atoms with Gasteiger partial charge in [0.05, 0.1) is 12.0 Å². The largest absolute Gasteiger partial charge is 0.485 e. The van der Waals surface area contributed by atoms with E-state index in [1.54, 1.807) is 0 Å². The molecule has 1 heterocycles. The van der Waals surface area contributed by atoms with Crippen LogP contribution in [0.25, 0.3) is 11.1 Å². The Labute approximate surface area is 232 Å². The zero-order valence-corrected chi connectivity index (χ0v) is 21.7. The number of hydrazine groups is 1. The van der Waals surface area contributed by atoms with Crippen LogP contribution in [0.4, 0.5) is 9.59 Å². The zero-order chi connectivity index (χ0) is 27.3. The van der Waals surface area contributed by atoms with Gasteiger partial charge in [-0.3, -0.25) is 0 Å². The first-order chi connectivity index (χ1) is 19.7. The predicted molar refractivity (Wildman–Crippen MR) is 150 cm³/mol. The van der Waals surface area contributed by atoms with Crippen LogP contribution < -0.4 is 10.2 Å². The van der Waals surface area contributed by atoms with Crippen molar-refractivity contribution >= 4 is 12.2 Å². The number of hydrogen-bond donors (Lipinski definition) is 1. The Morgan fingerprint density at radius 1 is 0.725 bits per heavy atom. The summed E-state index contributed by atoms with van der Waals surface area (Å²) in [6, 6.07) is 34.4. The number of amides is 2. The quantitative estimate of drug-likeness (QED) is 0.223. The lowest BCUT2D eigenvalue weighted by atomic mass is 9.90. The van der Waals surface area contributed by atoms with Crippen molar-refractivity contribution in [2.75, 3.05) is 0 Å². The molecule has 7 nitrogen and oxygen atoms in total. The van der Waals surface area contributed by atoms with E-state index < -0.39 is 18.2 Å². The van der Waals surface area contributed by atoms with Gasteiger partial charge in [0.1, 0.15) is 25.1 Å². The number of benzene rings is 4. The molecule has 6 rings (SSSR count). The lowest BCUT2D eigenvalue weighted by Crippen LogP contribution is -2.53. The van der Waals surface area contributed by atoms with Crippen molar-refractivity contribution in [3.63, 3.8) is 0 Å². The van der Waals surface area contributed by atoms with E-state index in [-0.39, 0.29) is 25.2 Å². The molecule has 4 aromatic rings. The molecule has 0 radical (unpaired) electrons. The molecule has 0 saturated carbocycles. The number of rotatable bonds is 6. The molecule has 2 amide bonds. The molecule has 1 N–H and O–H groups in total. The topological polar surface area (TPSA) is 77.1 Å². The number of fused-ring (bicyclic) bond motifs is 3. The minimum atomic E-state index is -0.755. The molecule has 1 aliphatic carbocycles. The fraction of sp³-hybridized carbons (Fsp3) is 0.152. The summed E-state index contributed by atoms with van der Waals surface area (Å²) in [7, 11) is 0. The van der Waals surface area contributed by atoms with Crippen LogP contribution in [0.15, 0.2) is 121 Å². The van der Waals surface area contributed by atoms with Crippen molar-refractivity contribution in [1.82, 2.24) is 10.4 Å². The number of ether oxygens (including phenoxy) is 3. The van der Waals surface area contributed by atoms with Crippen LogP contribution in [0.5, 0.6) is 5.75 Å². The van der Waals surface area contributed by atoms with Crippen molar-refractivity contribution in [2.24, 2.45) is 0 Å². The summed E-state index contributed by atoms with van der Waals surface area (Å²) in [6.07, 6.45) is 2.07. The predicted octanol–water partition coefficient (Wildman–Crippen LogP) is 6.62. The van der Waals surface area contributed by atoms with Gasteiger partial charge >= 0.3 is 12.2 Å². The van der Waals surface area contributed by atoms with Crippen LogP contribution in [-0.2, 0) is 22.7 Å². The van der Waals surface area contributed by atoms with E-state index >= 15 is 0 Å². The third-order valence-corrected chi connectivity index (χ3v) is 7.08. The molecule has 2 aliphatic rings. The summed E-state index contributed by atoms with van der Waals surface area (Å²) in [5.74, 6) is 0.519. The van der Waals surface area contributed by atoms with E-state index in [1.807, 2.05) is 103 Å². The van der Waals surface area contributed by atoms with Gasteiger partial charge in [-0.25, -0.2) is 20.0 Å². The minimum absolute atomic E-state index is 0.0622. The van der Waals surface area contributed by atoms with E-state index in [2.05, 4.69) is 23.6 Å². The van der Waals surface area contributed by atoms with Gasteiger partial charge in [0.2, 0.25) is 0 Å². The first-order valence-corrected chi connectivity index (χ1v) is 13.2. The Morgan fingerprint density at radius 3 is 2.02 bits per heavy atom. The maximum atomic E-state index is 13.5. The highest BCUT2D eigenvalue weighted by atomic mass is 16.6. The van der Waals surface area contributed by atoms with Crippen LogP contribution in [0.1, 0.15) is 22.6 Å². The molecular weight excluding hydrogens is 504 g/mol. The lowest BCUT2D eigenvalue weighted by Gasteiger charge is -2.31. The van der Waals surface area contributed by atoms with E-state index in [0.717, 1.165) is 33.6 Å². The molecule has 0 unspecified atom stereocenters. The first-order valence-electron chi connectivity index (χ1n) is 13.2. The Kier molecular flexibility index (Phi) is 7.18. The van der Waals surface area contributed by atoms with E-state index in [4.69, 9.17) is 14.2 Å². The Balaban J connectivity index is 1.25. The average molecular weight is 533 g/mol. The highest BCUT2D eigenvalue weighted by molar-refractivity contribution is 5.75. The summed E-state index contributed by atoms with van der Waals surface area (Å²) in [6.45, 7) is 0.130. The number of hydrogen-bond acceptors (Lipinski definition) is 5. The number of carbonyl (C=O) groups is 2. The minimum Gasteiger partial charge on any atom is -0.485 e. The van der Waals surface area contributed by atoms with E-state index in [1.165, 1.54) is 5.01 Å². The standard InChI is InChI=1S/C33H28N2O5/c36-32(38-21-23-10-4-1-5-11-23)34-35(33(37)39-22-24-12-6-2-7-13-24)28-17-19-30-31(28)27-20-26(16-18-29(27)40-30)25-14-8-3-9-15-25/h1-20,28,30-31H,21-22H2,(H,34,36)/t28-,30-,31+/m1/s1. The third-order valence-electron chi connectivity index (χ3n) is 7.08. The lowest BCUT2D eigenvalue weighted by molar-refractivity contribution is 0.0481. The molecule has 0 spiro atoms. The van der Waals surface area contributed by atoms with Gasteiger partial charge in [-0.2, -0.15) is 0 Å². The zero-order valence-electron chi connectivity index (χ0n) is 21.7. The highest BCUT2D eigenvalue weighted by Crippen LogP contribution is 2.47. The van der Waals surface area contributed by atoms with Crippen molar-refractivity contribution in [2.45, 2.75) is 31.3 Å². The summed E-state index contributed by atoms with van der Waals surface area (Å²) >= 11 is 0. The molecule has 0 bridgehead atoms. The normalized spacial score (nSPS) is 18.2. The van der Waals surface area contributed by atoms with Crippen LogP contribution in [0.3, 0.4) is 0 Å². The molecule has 0 fully saturated rings. The van der Waals surface area contributed by atoms with Crippen molar-refractivity contribution in [3.05, 3.63) is 138 Å². The van der Waals surface area contributed by atoms with Gasteiger partial charge in [0, 0.05) is 5.56 Å². The van der Waals surface area contributed by atoms with E-state index in [9.17, 15) is 9.59 Å². The van der Waals surface area contributed by atoms with Crippen molar-refractivity contribution in [3.8, 4) is 16.9 Å². The van der Waals surface area contributed by atoms with Gasteiger partial charge in [0.15, 0.2) is 0 Å². The molecular formula is C33H28N2O5. The first kappa shape index (κ1) is 25.2. The van der Waals surface area contributed by atoms with Gasteiger partial charge in [0.25, 0.3) is 0 Å². The third kappa shape index (κ3) is 5.40. The maximum Gasteiger partial charge on any atom is 0.429 e. The molecule has 4 aromatic carbocycles. The van der Waals surface area contributed by atoms with Crippen LogP contribution >= 0.6 is 0 Å². The number of nitrogens with one attached hydrogen (secondary N) is 1. The molecule has 200 valence electrons.